The van der Waals surface area contributed by atoms with E-state index >= 15 is 0 Å². The molecular formula is C7H16N2O3. The van der Waals surface area contributed by atoms with Crippen LogP contribution in [0.4, 0.5) is 0 Å². The number of rotatable bonds is 7. The lowest BCUT2D eigenvalue weighted by Gasteiger charge is -2.08. The monoisotopic (exact) mass is 176 g/mol. The van der Waals surface area contributed by atoms with E-state index in [1.807, 2.05) is 0 Å². The maximum Gasteiger partial charge on any atom is 0.246 e. The van der Waals surface area contributed by atoms with Gasteiger partial charge in [0.05, 0.1) is 19.8 Å². The fraction of sp³-hybridized carbons (Fsp3) is 0.857. The number of hydrogen-bond acceptors (Lipinski definition) is 4. The van der Waals surface area contributed by atoms with Gasteiger partial charge in [0.25, 0.3) is 0 Å². The van der Waals surface area contributed by atoms with Crippen molar-refractivity contribution in [2.75, 3.05) is 26.4 Å². The van der Waals surface area contributed by atoms with Crippen molar-refractivity contribution in [3.05, 3.63) is 0 Å². The molecule has 0 heterocycles. The van der Waals surface area contributed by atoms with Crippen molar-refractivity contribution >= 4 is 5.91 Å². The van der Waals surface area contributed by atoms with Crippen LogP contribution in [0.1, 0.15) is 6.92 Å². The van der Waals surface area contributed by atoms with Crippen molar-refractivity contribution in [1.29, 1.82) is 0 Å². The summed E-state index contributed by atoms with van der Waals surface area (Å²) < 4.78 is 10.0. The van der Waals surface area contributed by atoms with E-state index in [2.05, 4.69) is 0 Å². The summed E-state index contributed by atoms with van der Waals surface area (Å²) in [5.74, 6) is -0.464. The molecule has 0 aromatic heterocycles. The molecule has 4 N–H and O–H groups in total. The van der Waals surface area contributed by atoms with Gasteiger partial charge >= 0.3 is 0 Å². The van der Waals surface area contributed by atoms with Crippen molar-refractivity contribution in [1.82, 2.24) is 0 Å². The second-order valence-corrected chi connectivity index (χ2v) is 2.32. The normalized spacial score (nSPS) is 12.8. The van der Waals surface area contributed by atoms with Crippen molar-refractivity contribution < 1.29 is 14.3 Å². The molecule has 1 amide bonds. The van der Waals surface area contributed by atoms with Crippen LogP contribution in [0.15, 0.2) is 0 Å². The SMILES string of the molecule is CC(OCCOCCN)C(N)=O. The van der Waals surface area contributed by atoms with Crippen LogP contribution in [0.3, 0.4) is 0 Å². The van der Waals surface area contributed by atoms with Crippen LogP contribution in [0.25, 0.3) is 0 Å². The molecule has 0 bridgehead atoms. The van der Waals surface area contributed by atoms with Crippen molar-refractivity contribution in [2.24, 2.45) is 11.5 Å². The van der Waals surface area contributed by atoms with Crippen LogP contribution in [0.2, 0.25) is 0 Å². The lowest BCUT2D eigenvalue weighted by molar-refractivity contribution is -0.129. The average molecular weight is 176 g/mol. The molecule has 0 spiro atoms. The minimum Gasteiger partial charge on any atom is -0.378 e. The third kappa shape index (κ3) is 6.09. The molecule has 72 valence electrons. The molecule has 12 heavy (non-hydrogen) atoms. The van der Waals surface area contributed by atoms with Gasteiger partial charge in [-0.1, -0.05) is 0 Å². The summed E-state index contributed by atoms with van der Waals surface area (Å²) in [5.41, 5.74) is 10.1. The van der Waals surface area contributed by atoms with Crippen LogP contribution < -0.4 is 11.5 Å². The Morgan fingerprint density at radius 2 is 2.08 bits per heavy atom. The van der Waals surface area contributed by atoms with E-state index in [0.29, 0.717) is 26.4 Å². The number of carbonyl (C=O) groups is 1. The molecule has 5 heteroatoms. The van der Waals surface area contributed by atoms with E-state index in [1.165, 1.54) is 0 Å². The summed E-state index contributed by atoms with van der Waals surface area (Å²) in [6.45, 7) is 3.41. The standard InChI is InChI=1S/C7H16N2O3/c1-6(7(9)10)12-5-4-11-3-2-8/h6H,2-5,8H2,1H3,(H2,9,10). The number of nitrogens with two attached hydrogens (primary N) is 2. The number of hydrogen-bond donors (Lipinski definition) is 2. The first-order valence-corrected chi connectivity index (χ1v) is 3.87. The Morgan fingerprint density at radius 1 is 1.42 bits per heavy atom. The molecule has 0 fully saturated rings. The Hall–Kier alpha value is -0.650. The van der Waals surface area contributed by atoms with Crippen LogP contribution in [-0.4, -0.2) is 38.4 Å². The molecule has 0 saturated heterocycles. The van der Waals surface area contributed by atoms with Gasteiger partial charge in [0, 0.05) is 6.54 Å². The highest BCUT2D eigenvalue weighted by Crippen LogP contribution is 1.88. The third-order valence-electron chi connectivity index (χ3n) is 1.26. The quantitative estimate of drug-likeness (QED) is 0.479. The summed E-state index contributed by atoms with van der Waals surface area (Å²) >= 11 is 0. The van der Waals surface area contributed by atoms with Crippen LogP contribution in [0.5, 0.6) is 0 Å². The molecule has 1 unspecified atom stereocenters. The Morgan fingerprint density at radius 3 is 2.58 bits per heavy atom. The highest BCUT2D eigenvalue weighted by atomic mass is 16.5. The van der Waals surface area contributed by atoms with Gasteiger partial charge in [-0.3, -0.25) is 4.79 Å². The minimum atomic E-state index is -0.550. The van der Waals surface area contributed by atoms with Crippen molar-refractivity contribution in [3.8, 4) is 0 Å². The Labute approximate surface area is 72.0 Å². The predicted octanol–water partition coefficient (Wildman–Crippen LogP) is -1.15. The molecule has 0 aliphatic rings. The molecule has 0 aliphatic carbocycles. The zero-order valence-corrected chi connectivity index (χ0v) is 7.29. The summed E-state index contributed by atoms with van der Waals surface area (Å²) in [6, 6.07) is 0. The van der Waals surface area contributed by atoms with E-state index in [9.17, 15) is 4.79 Å². The molecule has 0 saturated carbocycles. The Bertz CT molecular complexity index is 130. The molecule has 0 radical (unpaired) electrons. The first-order chi connectivity index (χ1) is 5.68. The second-order valence-electron chi connectivity index (χ2n) is 2.32. The van der Waals surface area contributed by atoms with E-state index < -0.39 is 12.0 Å². The van der Waals surface area contributed by atoms with E-state index in [1.54, 1.807) is 6.92 Å². The zero-order valence-electron chi connectivity index (χ0n) is 7.29. The van der Waals surface area contributed by atoms with Gasteiger partial charge in [0.2, 0.25) is 5.91 Å². The fourth-order valence-corrected chi connectivity index (χ4v) is 0.551. The molecule has 0 rings (SSSR count). The van der Waals surface area contributed by atoms with Gasteiger partial charge in [-0.15, -0.1) is 0 Å². The summed E-state index contributed by atoms with van der Waals surface area (Å²) in [4.78, 5) is 10.5. The number of primary amides is 1. The first kappa shape index (κ1) is 11.4. The Balaban J connectivity index is 3.14. The smallest absolute Gasteiger partial charge is 0.246 e. The van der Waals surface area contributed by atoms with Crippen molar-refractivity contribution in [2.45, 2.75) is 13.0 Å². The van der Waals surface area contributed by atoms with Gasteiger partial charge in [0.1, 0.15) is 6.10 Å². The largest absolute Gasteiger partial charge is 0.378 e. The highest BCUT2D eigenvalue weighted by Gasteiger charge is 2.07. The minimum absolute atomic E-state index is 0.365. The summed E-state index contributed by atoms with van der Waals surface area (Å²) in [6.07, 6.45) is -0.550. The number of ether oxygens (including phenoxy) is 2. The van der Waals surface area contributed by atoms with Crippen molar-refractivity contribution in [3.63, 3.8) is 0 Å². The summed E-state index contributed by atoms with van der Waals surface area (Å²) in [7, 11) is 0. The van der Waals surface area contributed by atoms with E-state index in [0.717, 1.165) is 0 Å². The predicted molar refractivity (Wildman–Crippen MR) is 44.5 cm³/mol. The fourth-order valence-electron chi connectivity index (χ4n) is 0.551. The van der Waals surface area contributed by atoms with Gasteiger partial charge in [-0.2, -0.15) is 0 Å². The number of amides is 1. The van der Waals surface area contributed by atoms with Crippen LogP contribution in [-0.2, 0) is 14.3 Å². The first-order valence-electron chi connectivity index (χ1n) is 3.87. The zero-order chi connectivity index (χ0) is 9.40. The van der Waals surface area contributed by atoms with Gasteiger partial charge in [0.15, 0.2) is 0 Å². The second kappa shape index (κ2) is 7.02. The molecular weight excluding hydrogens is 160 g/mol. The maximum absolute atomic E-state index is 10.5. The van der Waals surface area contributed by atoms with E-state index in [-0.39, 0.29) is 0 Å². The molecule has 5 nitrogen and oxygen atoms in total. The average Bonchev–Trinajstić information content (AvgIpc) is 2.03. The maximum atomic E-state index is 10.5. The topological polar surface area (TPSA) is 87.6 Å². The molecule has 0 aromatic rings. The third-order valence-corrected chi connectivity index (χ3v) is 1.26. The molecule has 1 atom stereocenters. The Kier molecular flexibility index (Phi) is 6.64. The van der Waals surface area contributed by atoms with Crippen LogP contribution in [0, 0.1) is 0 Å². The lowest BCUT2D eigenvalue weighted by atomic mass is 10.4. The van der Waals surface area contributed by atoms with Crippen LogP contribution >= 0.6 is 0 Å². The van der Waals surface area contributed by atoms with Gasteiger partial charge in [-0.25, -0.2) is 0 Å². The van der Waals surface area contributed by atoms with E-state index in [4.69, 9.17) is 20.9 Å². The molecule has 0 aliphatic heterocycles. The highest BCUT2D eigenvalue weighted by molar-refractivity contribution is 5.78. The lowest BCUT2D eigenvalue weighted by Crippen LogP contribution is -2.29. The number of carbonyl (C=O) groups excluding carboxylic acids is 1. The van der Waals surface area contributed by atoms with Gasteiger partial charge < -0.3 is 20.9 Å². The van der Waals surface area contributed by atoms with Gasteiger partial charge in [-0.05, 0) is 6.92 Å². The summed E-state index contributed by atoms with van der Waals surface area (Å²) in [5, 5.41) is 0. The molecule has 0 aromatic carbocycles.